The van der Waals surface area contributed by atoms with Crippen LogP contribution in [-0.2, 0) is 9.53 Å². The lowest BCUT2D eigenvalue weighted by atomic mass is 9.89. The summed E-state index contributed by atoms with van der Waals surface area (Å²) in [4.78, 5) is 17.0. The summed E-state index contributed by atoms with van der Waals surface area (Å²) in [5.74, 6) is 0.719. The Morgan fingerprint density at radius 2 is 1.89 bits per heavy atom. The number of morpholine rings is 1. The molecule has 1 aromatic rings. The topological polar surface area (TPSA) is 149 Å². The summed E-state index contributed by atoms with van der Waals surface area (Å²) in [6.45, 7) is 10.8. The van der Waals surface area contributed by atoms with E-state index in [0.29, 0.717) is 76.5 Å². The number of nitrogens with zero attached hydrogens (tertiary/aromatic N) is 4. The summed E-state index contributed by atoms with van der Waals surface area (Å²) in [5, 5.41) is 42.1. The Hall–Kier alpha value is -2.09. The van der Waals surface area contributed by atoms with Gasteiger partial charge in [0.1, 0.15) is 12.7 Å². The highest BCUT2D eigenvalue weighted by molar-refractivity contribution is 6.99. The van der Waals surface area contributed by atoms with Crippen LogP contribution in [0.15, 0.2) is 24.3 Å². The van der Waals surface area contributed by atoms with Crippen molar-refractivity contribution >= 4 is 23.5 Å². The van der Waals surface area contributed by atoms with Crippen LogP contribution < -0.4 is 9.64 Å². The summed E-state index contributed by atoms with van der Waals surface area (Å²) in [7, 11) is 0. The minimum absolute atomic E-state index is 0.00106. The highest BCUT2D eigenvalue weighted by Crippen LogP contribution is 2.36. The van der Waals surface area contributed by atoms with Crippen LogP contribution in [0.1, 0.15) is 85.5 Å². The molecule has 1 aliphatic heterocycles. The largest absolute Gasteiger partial charge is 0.472 e. The van der Waals surface area contributed by atoms with Gasteiger partial charge in [0.05, 0.1) is 49.8 Å². The van der Waals surface area contributed by atoms with E-state index in [1.807, 2.05) is 39.0 Å². The van der Waals surface area contributed by atoms with Crippen LogP contribution >= 0.6 is 11.7 Å². The predicted octanol–water partition coefficient (Wildman–Crippen LogP) is 3.71. The number of unbranched alkanes of at least 4 members (excludes halogenated alkanes) is 3. The van der Waals surface area contributed by atoms with Crippen LogP contribution in [0.3, 0.4) is 0 Å². The van der Waals surface area contributed by atoms with Gasteiger partial charge in [-0.1, -0.05) is 50.5 Å². The minimum atomic E-state index is -0.889. The van der Waals surface area contributed by atoms with Crippen LogP contribution in [0.25, 0.3) is 0 Å². The molecule has 1 saturated carbocycles. The molecule has 2 aliphatic rings. The van der Waals surface area contributed by atoms with Crippen LogP contribution in [-0.4, -0.2) is 109 Å². The quantitative estimate of drug-likeness (QED) is 0.137. The average molecular weight is 653 g/mol. The van der Waals surface area contributed by atoms with Crippen LogP contribution in [0.5, 0.6) is 5.88 Å². The molecule has 0 spiro atoms. The lowest BCUT2D eigenvalue weighted by Gasteiger charge is -2.37. The van der Waals surface area contributed by atoms with Crippen molar-refractivity contribution in [2.75, 3.05) is 44.4 Å². The number of aliphatic hydroxyl groups is 4. The molecule has 1 amide bonds. The van der Waals surface area contributed by atoms with Gasteiger partial charge in [-0.05, 0) is 52.4 Å². The fourth-order valence-electron chi connectivity index (χ4n) is 5.96. The zero-order chi connectivity index (χ0) is 32.8. The molecule has 0 aromatic carbocycles. The number of hydrogen-bond acceptors (Lipinski definition) is 11. The third-order valence-electron chi connectivity index (χ3n) is 8.58. The number of carbonyl (C=O) groups is 1. The second-order valence-electron chi connectivity index (χ2n) is 13.3. The summed E-state index contributed by atoms with van der Waals surface area (Å²) in [6.07, 6.45) is 11.6. The molecule has 11 nitrogen and oxygen atoms in total. The molecule has 4 N–H and O–H groups in total. The van der Waals surface area contributed by atoms with Crippen molar-refractivity contribution in [3.05, 3.63) is 24.3 Å². The number of rotatable bonds is 18. The van der Waals surface area contributed by atoms with Gasteiger partial charge in [0.15, 0.2) is 0 Å². The standard InChI is InChI=1S/C33H56N4O7S/c1-5-6-9-12-24(38)15-16-27-26(28(40)21-29(27)41)13-10-7-8-11-14-30(42)37(33(2,3)4)22-25(39)23-44-32-31(34-45-35-32)36-17-19-43-20-18-36/h7,10,15-16,24-29,38-41H,5-6,8-9,11-14,17-23H2,1-4H3/b10-7-,16-15+/t24-,25-,26+,27+,28-,29+/m0/s1. The number of β-amino-alcohol motifs (C(OH)–C–C–N with tert-alkyl or cyclic N) is 1. The Morgan fingerprint density at radius 3 is 2.60 bits per heavy atom. The Bertz CT molecular complexity index is 1060. The van der Waals surface area contributed by atoms with E-state index in [-0.39, 0.29) is 30.9 Å². The Morgan fingerprint density at radius 1 is 1.13 bits per heavy atom. The van der Waals surface area contributed by atoms with Gasteiger partial charge >= 0.3 is 0 Å². The third kappa shape index (κ3) is 12.2. The molecule has 2 heterocycles. The Kier molecular flexibility index (Phi) is 15.7. The fraction of sp³-hybridized carbons (Fsp3) is 0.788. The molecule has 45 heavy (non-hydrogen) atoms. The van der Waals surface area contributed by atoms with Gasteiger partial charge < -0.3 is 39.7 Å². The summed E-state index contributed by atoms with van der Waals surface area (Å²) >= 11 is 1.07. The number of ether oxygens (including phenoxy) is 2. The monoisotopic (exact) mass is 652 g/mol. The molecular weight excluding hydrogens is 596 g/mol. The highest BCUT2D eigenvalue weighted by atomic mass is 32.1. The minimum Gasteiger partial charge on any atom is -0.472 e. The number of carbonyl (C=O) groups excluding carboxylic acids is 1. The van der Waals surface area contributed by atoms with Gasteiger partial charge in [-0.2, -0.15) is 4.37 Å². The van der Waals surface area contributed by atoms with Gasteiger partial charge in [0.25, 0.3) is 5.88 Å². The van der Waals surface area contributed by atoms with E-state index in [0.717, 1.165) is 31.0 Å². The first kappa shape index (κ1) is 37.4. The third-order valence-corrected chi connectivity index (χ3v) is 9.08. The molecule has 3 rings (SSSR count). The number of anilines is 1. The predicted molar refractivity (Wildman–Crippen MR) is 176 cm³/mol. The fourth-order valence-corrected chi connectivity index (χ4v) is 6.48. The normalized spacial score (nSPS) is 24.0. The number of allylic oxidation sites excluding steroid dienone is 2. The van der Waals surface area contributed by atoms with E-state index in [9.17, 15) is 25.2 Å². The molecule has 2 fully saturated rings. The van der Waals surface area contributed by atoms with Crippen LogP contribution in [0, 0.1) is 11.8 Å². The van der Waals surface area contributed by atoms with Crippen molar-refractivity contribution in [1.82, 2.24) is 13.6 Å². The van der Waals surface area contributed by atoms with E-state index >= 15 is 0 Å². The first-order valence-corrected chi connectivity index (χ1v) is 17.4. The van der Waals surface area contributed by atoms with E-state index < -0.39 is 30.0 Å². The molecule has 1 aromatic heterocycles. The summed E-state index contributed by atoms with van der Waals surface area (Å²) < 4.78 is 19.8. The molecule has 1 aliphatic carbocycles. The van der Waals surface area contributed by atoms with Crippen molar-refractivity contribution in [3.63, 3.8) is 0 Å². The van der Waals surface area contributed by atoms with Crippen LogP contribution in [0.2, 0.25) is 0 Å². The molecule has 1 saturated heterocycles. The van der Waals surface area contributed by atoms with Crippen LogP contribution in [0.4, 0.5) is 5.82 Å². The van der Waals surface area contributed by atoms with E-state index in [1.165, 1.54) is 0 Å². The second-order valence-corrected chi connectivity index (χ2v) is 13.8. The Balaban J connectivity index is 1.43. The van der Waals surface area contributed by atoms with Crippen molar-refractivity contribution in [2.24, 2.45) is 11.8 Å². The number of hydrogen-bond donors (Lipinski definition) is 4. The van der Waals surface area contributed by atoms with E-state index in [2.05, 4.69) is 20.6 Å². The van der Waals surface area contributed by atoms with E-state index in [4.69, 9.17) is 9.47 Å². The molecule has 256 valence electrons. The van der Waals surface area contributed by atoms with Gasteiger partial charge in [-0.3, -0.25) is 4.79 Å². The zero-order valence-corrected chi connectivity index (χ0v) is 28.4. The first-order chi connectivity index (χ1) is 21.5. The number of amides is 1. The number of aromatic nitrogens is 2. The summed E-state index contributed by atoms with van der Waals surface area (Å²) in [5.41, 5.74) is -0.472. The maximum absolute atomic E-state index is 13.2. The molecule has 0 bridgehead atoms. The smallest absolute Gasteiger partial charge is 0.270 e. The zero-order valence-electron chi connectivity index (χ0n) is 27.6. The molecule has 0 unspecified atom stereocenters. The average Bonchev–Trinajstić information content (AvgIpc) is 3.58. The maximum Gasteiger partial charge on any atom is 0.270 e. The van der Waals surface area contributed by atoms with E-state index in [1.54, 1.807) is 11.0 Å². The molecule has 0 radical (unpaired) electrons. The van der Waals surface area contributed by atoms with Gasteiger partial charge in [0.2, 0.25) is 11.7 Å². The summed E-state index contributed by atoms with van der Waals surface area (Å²) in [6, 6.07) is 0. The SMILES string of the molecule is CCCCC[C@H](O)/C=C/[C@@H]1[C@@H](C/C=C\CCCC(=O)N(C[C@H](O)COc2nsnc2N2CCOCC2)C(C)(C)C)[C@@H](O)C[C@H]1O. The lowest BCUT2D eigenvalue weighted by Crippen LogP contribution is -2.50. The highest BCUT2D eigenvalue weighted by Gasteiger charge is 2.39. The van der Waals surface area contributed by atoms with Crippen molar-refractivity contribution in [3.8, 4) is 5.88 Å². The maximum atomic E-state index is 13.2. The van der Waals surface area contributed by atoms with Crippen molar-refractivity contribution in [2.45, 2.75) is 115 Å². The van der Waals surface area contributed by atoms with Crippen molar-refractivity contribution in [1.29, 1.82) is 0 Å². The van der Waals surface area contributed by atoms with Crippen molar-refractivity contribution < 1.29 is 34.7 Å². The first-order valence-electron chi connectivity index (χ1n) is 16.6. The number of aliphatic hydroxyl groups excluding tert-OH is 4. The lowest BCUT2D eigenvalue weighted by molar-refractivity contribution is -0.138. The Labute approximate surface area is 273 Å². The molecule has 12 heteroatoms. The van der Waals surface area contributed by atoms with Gasteiger partial charge in [0, 0.05) is 37.4 Å². The van der Waals surface area contributed by atoms with Gasteiger partial charge in [-0.15, -0.1) is 4.37 Å². The molecular formula is C33H56N4O7S. The second kappa shape index (κ2) is 18.9. The molecule has 6 atom stereocenters. The van der Waals surface area contributed by atoms with Gasteiger partial charge in [-0.25, -0.2) is 0 Å².